The van der Waals surface area contributed by atoms with Crippen molar-refractivity contribution >= 4 is 46.1 Å². The van der Waals surface area contributed by atoms with Gasteiger partial charge in [0.05, 0.1) is 15.4 Å². The van der Waals surface area contributed by atoms with Gasteiger partial charge in [-0.15, -0.1) is 0 Å². The number of hydrogen-bond acceptors (Lipinski definition) is 7. The van der Waals surface area contributed by atoms with Gasteiger partial charge in [-0.25, -0.2) is 4.79 Å². The van der Waals surface area contributed by atoms with Crippen molar-refractivity contribution < 1.29 is 19.4 Å². The molecule has 0 bridgehead atoms. The minimum absolute atomic E-state index is 0.00797. The number of non-ortho nitro benzene ring substituents is 2. The lowest BCUT2D eigenvalue weighted by atomic mass is 9.95. The Hall–Kier alpha value is -3.99. The summed E-state index contributed by atoms with van der Waals surface area (Å²) in [4.78, 5) is 48.6. The number of thiocarbonyl (C=S) groups is 1. The minimum Gasteiger partial charge on any atom is -0.287 e. The molecule has 1 fully saturated rings. The first-order chi connectivity index (χ1) is 14.1. The number of imide groups is 1. The summed E-state index contributed by atoms with van der Waals surface area (Å²) in [6, 6.07) is 7.56. The number of carbonyl (C=O) groups is 2. The number of nitro benzene ring substituents is 2. The second kappa shape index (κ2) is 6.52. The van der Waals surface area contributed by atoms with Crippen molar-refractivity contribution in [1.29, 1.82) is 0 Å². The molecular weight excluding hydrogens is 412 g/mol. The van der Waals surface area contributed by atoms with Gasteiger partial charge in [0.1, 0.15) is 4.99 Å². The maximum Gasteiger partial charge on any atom is 0.331 e. The SMILES string of the molecule is CN1C(=O)C(=C2c3ccc([N+](=O)[O-])cc3-c3cc([N+](=O)[O-])ccc32)C(=S)N(C)C1=O. The Morgan fingerprint density at radius 1 is 0.767 bits per heavy atom. The quantitative estimate of drug-likeness (QED) is 0.268. The summed E-state index contributed by atoms with van der Waals surface area (Å²) in [6.07, 6.45) is 0. The van der Waals surface area contributed by atoms with E-state index in [4.69, 9.17) is 12.2 Å². The van der Waals surface area contributed by atoms with Gasteiger partial charge in [-0.3, -0.25) is 34.8 Å². The predicted molar refractivity (Wildman–Crippen MR) is 110 cm³/mol. The number of rotatable bonds is 2. The monoisotopic (exact) mass is 424 g/mol. The van der Waals surface area contributed by atoms with E-state index in [1.807, 2.05) is 0 Å². The molecule has 1 aliphatic heterocycles. The minimum atomic E-state index is -0.617. The Bertz CT molecular complexity index is 1160. The zero-order valence-corrected chi connectivity index (χ0v) is 16.4. The van der Waals surface area contributed by atoms with Crippen LogP contribution in [0.25, 0.3) is 16.7 Å². The van der Waals surface area contributed by atoms with Gasteiger partial charge in [0.15, 0.2) is 0 Å². The molecule has 0 saturated carbocycles. The highest BCUT2D eigenvalue weighted by Crippen LogP contribution is 2.48. The van der Waals surface area contributed by atoms with Crippen LogP contribution in [0, 0.1) is 20.2 Å². The lowest BCUT2D eigenvalue weighted by molar-refractivity contribution is -0.385. The van der Waals surface area contributed by atoms with E-state index in [-0.39, 0.29) is 21.9 Å². The molecule has 10 nitrogen and oxygen atoms in total. The first-order valence-corrected chi connectivity index (χ1v) is 8.96. The number of nitrogens with zero attached hydrogens (tertiary/aromatic N) is 4. The van der Waals surface area contributed by atoms with E-state index in [2.05, 4.69) is 0 Å². The number of nitro groups is 2. The van der Waals surface area contributed by atoms with E-state index in [9.17, 15) is 29.8 Å². The van der Waals surface area contributed by atoms with E-state index in [0.29, 0.717) is 27.8 Å². The van der Waals surface area contributed by atoms with Crippen molar-refractivity contribution in [3.8, 4) is 11.1 Å². The average Bonchev–Trinajstić information content (AvgIpc) is 3.04. The van der Waals surface area contributed by atoms with Crippen molar-refractivity contribution in [3.05, 3.63) is 73.3 Å². The summed E-state index contributed by atoms with van der Waals surface area (Å²) < 4.78 is 0. The van der Waals surface area contributed by atoms with Crippen LogP contribution >= 0.6 is 12.2 Å². The maximum atomic E-state index is 13.0. The number of benzene rings is 2. The Kier molecular flexibility index (Phi) is 4.20. The predicted octanol–water partition coefficient (Wildman–Crippen LogP) is 3.14. The topological polar surface area (TPSA) is 127 Å². The third-order valence-electron chi connectivity index (χ3n) is 5.12. The molecule has 2 aromatic rings. The summed E-state index contributed by atoms with van der Waals surface area (Å²) in [5, 5.41) is 22.5. The van der Waals surface area contributed by atoms with Gasteiger partial charge >= 0.3 is 6.03 Å². The largest absolute Gasteiger partial charge is 0.331 e. The number of fused-ring (bicyclic) bond motifs is 3. The fourth-order valence-corrected chi connectivity index (χ4v) is 3.89. The van der Waals surface area contributed by atoms with Gasteiger partial charge in [0, 0.05) is 43.9 Å². The van der Waals surface area contributed by atoms with Gasteiger partial charge in [-0.05, 0) is 34.4 Å². The van der Waals surface area contributed by atoms with Crippen LogP contribution in [0.4, 0.5) is 16.2 Å². The zero-order chi connectivity index (χ0) is 21.9. The van der Waals surface area contributed by atoms with Gasteiger partial charge in [0.25, 0.3) is 17.3 Å². The average molecular weight is 424 g/mol. The van der Waals surface area contributed by atoms with Crippen LogP contribution in [0.1, 0.15) is 11.1 Å². The second-order valence-corrected chi connectivity index (χ2v) is 7.12. The van der Waals surface area contributed by atoms with Gasteiger partial charge in [-0.2, -0.15) is 0 Å². The molecule has 0 atom stereocenters. The van der Waals surface area contributed by atoms with Crippen molar-refractivity contribution in [3.63, 3.8) is 0 Å². The van der Waals surface area contributed by atoms with E-state index >= 15 is 0 Å². The lowest BCUT2D eigenvalue weighted by Gasteiger charge is -2.32. The van der Waals surface area contributed by atoms with Crippen LogP contribution < -0.4 is 0 Å². The first-order valence-electron chi connectivity index (χ1n) is 8.55. The molecule has 0 spiro atoms. The highest BCUT2D eigenvalue weighted by atomic mass is 32.1. The Morgan fingerprint density at radius 3 is 1.67 bits per heavy atom. The molecule has 0 aromatic heterocycles. The molecule has 1 heterocycles. The molecule has 150 valence electrons. The molecule has 0 unspecified atom stereocenters. The summed E-state index contributed by atoms with van der Waals surface area (Å²) >= 11 is 5.37. The number of urea groups is 1. The normalized spacial score (nSPS) is 15.5. The summed E-state index contributed by atoms with van der Waals surface area (Å²) in [5.74, 6) is -0.617. The van der Waals surface area contributed by atoms with Crippen molar-refractivity contribution in [2.75, 3.05) is 14.1 Å². The van der Waals surface area contributed by atoms with Crippen LogP contribution in [0.5, 0.6) is 0 Å². The lowest BCUT2D eigenvalue weighted by Crippen LogP contribution is -2.52. The van der Waals surface area contributed by atoms with Crippen LogP contribution in [0.2, 0.25) is 0 Å². The number of likely N-dealkylation sites (N-methyl/N-ethyl adjacent to an activating group) is 2. The van der Waals surface area contributed by atoms with Crippen molar-refractivity contribution in [1.82, 2.24) is 9.80 Å². The molecule has 1 saturated heterocycles. The Morgan fingerprint density at radius 2 is 1.23 bits per heavy atom. The fourth-order valence-electron chi connectivity index (χ4n) is 3.63. The van der Waals surface area contributed by atoms with Gasteiger partial charge in [-0.1, -0.05) is 12.2 Å². The molecule has 1 aliphatic carbocycles. The molecule has 0 radical (unpaired) electrons. The van der Waals surface area contributed by atoms with Crippen LogP contribution in [0.3, 0.4) is 0 Å². The van der Waals surface area contributed by atoms with Crippen LogP contribution in [-0.2, 0) is 4.79 Å². The van der Waals surface area contributed by atoms with Gasteiger partial charge < -0.3 is 0 Å². The maximum absolute atomic E-state index is 13.0. The molecular formula is C19H12N4O6S. The molecule has 30 heavy (non-hydrogen) atoms. The first kappa shape index (κ1) is 19.3. The highest BCUT2D eigenvalue weighted by Gasteiger charge is 2.40. The molecule has 0 N–H and O–H groups in total. The zero-order valence-electron chi connectivity index (χ0n) is 15.6. The van der Waals surface area contributed by atoms with Crippen LogP contribution in [0.15, 0.2) is 42.0 Å². The third kappa shape index (κ3) is 2.59. The second-order valence-electron chi connectivity index (χ2n) is 6.73. The summed E-state index contributed by atoms with van der Waals surface area (Å²) in [6.45, 7) is 0. The molecule has 11 heteroatoms. The number of carbonyl (C=O) groups excluding carboxylic acids is 2. The van der Waals surface area contributed by atoms with E-state index in [0.717, 1.165) is 9.80 Å². The highest BCUT2D eigenvalue weighted by molar-refractivity contribution is 7.81. The van der Waals surface area contributed by atoms with Crippen molar-refractivity contribution in [2.45, 2.75) is 0 Å². The molecule has 4 rings (SSSR count). The van der Waals surface area contributed by atoms with E-state index in [1.54, 1.807) is 0 Å². The van der Waals surface area contributed by atoms with E-state index in [1.165, 1.54) is 50.5 Å². The van der Waals surface area contributed by atoms with E-state index < -0.39 is 21.8 Å². The summed E-state index contributed by atoms with van der Waals surface area (Å²) in [7, 11) is 2.77. The van der Waals surface area contributed by atoms with Gasteiger partial charge in [0.2, 0.25) is 0 Å². The fraction of sp³-hybridized carbons (Fsp3) is 0.105. The summed E-state index contributed by atoms with van der Waals surface area (Å²) in [5.41, 5.74) is 1.77. The molecule has 2 aliphatic rings. The van der Waals surface area contributed by atoms with Crippen LogP contribution in [-0.4, -0.2) is 50.7 Å². The third-order valence-corrected chi connectivity index (χ3v) is 5.60. The standard InChI is InChI=1S/C19H12N4O6S/c1-20-17(24)16(18(30)21(2)19(20)25)15-11-5-3-9(22(26)27)7-13(11)14-8-10(23(28)29)4-6-12(14)15/h3-8H,1-2H3. The Balaban J connectivity index is 2.09. The molecule has 2 aromatic carbocycles. The van der Waals surface area contributed by atoms with Crippen molar-refractivity contribution in [2.24, 2.45) is 0 Å². The number of amides is 3. The smallest absolute Gasteiger partial charge is 0.287 e. The number of hydrogen-bond donors (Lipinski definition) is 0. The Labute approximate surface area is 174 Å². The molecule has 3 amide bonds.